The van der Waals surface area contributed by atoms with Gasteiger partial charge in [-0.3, -0.25) is 9.89 Å². The molecule has 6 nitrogen and oxygen atoms in total. The van der Waals surface area contributed by atoms with E-state index >= 15 is 0 Å². The van der Waals surface area contributed by atoms with E-state index in [4.69, 9.17) is 0 Å². The maximum absolute atomic E-state index is 13.5. The Bertz CT molecular complexity index is 1860. The number of nitrogens with zero attached hydrogens (tertiary/aromatic N) is 2. The minimum Gasteiger partial charge on any atom is -0.392 e. The highest BCUT2D eigenvalue weighted by Gasteiger charge is 2.53. The number of anilines is 1. The normalized spacial score (nSPS) is 26.0. The number of aryl methyl sites for hydroxylation is 1. The molecule has 7 rings (SSSR count). The Hall–Kier alpha value is -4.39. The molecule has 0 amide bonds. The first-order chi connectivity index (χ1) is 20.3. The SMILES string of the molecule is Cc1[nH]n(-c2ccccc2)c(=O)c1C1C(O)C(C=C2N(C)c3ccc4ccccc4c3C2(C)Cc2ccccc2)C1O. The first-order valence-corrected chi connectivity index (χ1v) is 14.5. The number of rotatable bonds is 5. The van der Waals surface area contributed by atoms with Crippen LogP contribution in [0.1, 0.15) is 35.2 Å². The number of nitrogens with one attached hydrogen (secondary N) is 1. The Morgan fingerprint density at radius 3 is 2.24 bits per heavy atom. The monoisotopic (exact) mass is 557 g/mol. The summed E-state index contributed by atoms with van der Waals surface area (Å²) in [5.41, 5.74) is 5.82. The average molecular weight is 558 g/mol. The zero-order valence-corrected chi connectivity index (χ0v) is 24.0. The quantitative estimate of drug-likeness (QED) is 0.263. The van der Waals surface area contributed by atoms with Gasteiger partial charge in [0.15, 0.2) is 0 Å². The van der Waals surface area contributed by atoms with Crippen LogP contribution in [0.2, 0.25) is 0 Å². The molecule has 1 aromatic heterocycles. The van der Waals surface area contributed by atoms with Crippen molar-refractivity contribution >= 4 is 16.5 Å². The van der Waals surface area contributed by atoms with Crippen molar-refractivity contribution in [1.82, 2.24) is 9.78 Å². The molecule has 1 saturated carbocycles. The number of aliphatic hydroxyl groups excluding tert-OH is 2. The highest BCUT2D eigenvalue weighted by molar-refractivity contribution is 5.95. The number of allylic oxidation sites excluding steroid dienone is 1. The van der Waals surface area contributed by atoms with Crippen molar-refractivity contribution in [3.8, 4) is 5.69 Å². The van der Waals surface area contributed by atoms with Crippen LogP contribution < -0.4 is 10.5 Å². The van der Waals surface area contributed by atoms with Gasteiger partial charge in [0.05, 0.1) is 17.9 Å². The molecule has 1 aliphatic carbocycles. The number of likely N-dealkylation sites (N-methyl/N-ethyl adjacent to an activating group) is 1. The van der Waals surface area contributed by atoms with Crippen molar-refractivity contribution in [2.45, 2.75) is 43.8 Å². The van der Waals surface area contributed by atoms with E-state index in [0.717, 1.165) is 17.8 Å². The van der Waals surface area contributed by atoms with E-state index in [9.17, 15) is 15.0 Å². The molecule has 42 heavy (non-hydrogen) atoms. The highest BCUT2D eigenvalue weighted by atomic mass is 16.3. The Labute approximate surface area is 245 Å². The zero-order chi connectivity index (χ0) is 29.2. The molecular weight excluding hydrogens is 522 g/mol. The van der Waals surface area contributed by atoms with Gasteiger partial charge in [-0.15, -0.1) is 0 Å². The van der Waals surface area contributed by atoms with Gasteiger partial charge in [0, 0.05) is 46.9 Å². The van der Waals surface area contributed by atoms with Crippen molar-refractivity contribution in [1.29, 1.82) is 0 Å². The topological polar surface area (TPSA) is 81.5 Å². The lowest BCUT2D eigenvalue weighted by molar-refractivity contribution is -0.0952. The summed E-state index contributed by atoms with van der Waals surface area (Å²) >= 11 is 0. The number of benzene rings is 4. The van der Waals surface area contributed by atoms with Crippen molar-refractivity contribution in [3.63, 3.8) is 0 Å². The first-order valence-electron chi connectivity index (χ1n) is 14.5. The zero-order valence-electron chi connectivity index (χ0n) is 24.0. The number of para-hydroxylation sites is 1. The molecule has 2 aliphatic rings. The van der Waals surface area contributed by atoms with Gasteiger partial charge in [0.25, 0.3) is 5.56 Å². The molecule has 6 heteroatoms. The van der Waals surface area contributed by atoms with E-state index in [1.54, 1.807) is 0 Å². The van der Waals surface area contributed by atoms with Gasteiger partial charge in [0.2, 0.25) is 0 Å². The van der Waals surface area contributed by atoms with E-state index in [1.807, 2.05) is 43.3 Å². The van der Waals surface area contributed by atoms with Crippen LogP contribution in [-0.4, -0.2) is 39.2 Å². The number of H-pyrrole nitrogens is 1. The smallest absolute Gasteiger partial charge is 0.275 e. The largest absolute Gasteiger partial charge is 0.392 e. The van der Waals surface area contributed by atoms with Gasteiger partial charge >= 0.3 is 0 Å². The minimum atomic E-state index is -0.895. The molecule has 0 spiro atoms. The maximum Gasteiger partial charge on any atom is 0.275 e. The molecule has 3 atom stereocenters. The van der Waals surface area contributed by atoms with Crippen LogP contribution >= 0.6 is 0 Å². The Balaban J connectivity index is 1.29. The summed E-state index contributed by atoms with van der Waals surface area (Å²) in [7, 11) is 2.07. The molecule has 3 N–H and O–H groups in total. The molecule has 1 aliphatic heterocycles. The Morgan fingerprint density at radius 1 is 0.881 bits per heavy atom. The summed E-state index contributed by atoms with van der Waals surface area (Å²) in [6, 6.07) is 32.6. The van der Waals surface area contributed by atoms with Crippen molar-refractivity contribution < 1.29 is 10.2 Å². The molecule has 1 fully saturated rings. The Morgan fingerprint density at radius 2 is 1.52 bits per heavy atom. The fourth-order valence-electron chi connectivity index (χ4n) is 7.40. The summed E-state index contributed by atoms with van der Waals surface area (Å²) in [4.78, 5) is 15.7. The van der Waals surface area contributed by atoms with Crippen molar-refractivity contribution in [2.75, 3.05) is 11.9 Å². The summed E-state index contributed by atoms with van der Waals surface area (Å²) in [6.07, 6.45) is 1.04. The Kier molecular flexibility index (Phi) is 6.22. The van der Waals surface area contributed by atoms with Crippen LogP contribution in [0.4, 0.5) is 5.69 Å². The molecule has 0 saturated heterocycles. The third-order valence-electron chi connectivity index (χ3n) is 9.49. The van der Waals surface area contributed by atoms with E-state index in [2.05, 4.69) is 90.7 Å². The van der Waals surface area contributed by atoms with Crippen LogP contribution in [-0.2, 0) is 11.8 Å². The van der Waals surface area contributed by atoms with E-state index < -0.39 is 29.5 Å². The molecule has 5 aromatic rings. The van der Waals surface area contributed by atoms with Gasteiger partial charge in [0.1, 0.15) is 0 Å². The number of hydrogen-bond acceptors (Lipinski definition) is 4. The minimum absolute atomic E-state index is 0.237. The molecule has 4 aromatic carbocycles. The number of aromatic nitrogens is 2. The summed E-state index contributed by atoms with van der Waals surface area (Å²) in [5, 5.41) is 28.6. The second-order valence-electron chi connectivity index (χ2n) is 12.0. The molecule has 3 unspecified atom stereocenters. The van der Waals surface area contributed by atoms with Crippen molar-refractivity contribution in [2.24, 2.45) is 5.92 Å². The van der Waals surface area contributed by atoms with Gasteiger partial charge in [-0.2, -0.15) is 0 Å². The van der Waals surface area contributed by atoms with E-state index in [1.165, 1.54) is 26.6 Å². The van der Waals surface area contributed by atoms with Gasteiger partial charge in [-0.1, -0.05) is 84.9 Å². The van der Waals surface area contributed by atoms with Crippen LogP contribution in [0.5, 0.6) is 0 Å². The van der Waals surface area contributed by atoms with Gasteiger partial charge < -0.3 is 15.1 Å². The van der Waals surface area contributed by atoms with E-state index in [-0.39, 0.29) is 5.56 Å². The van der Waals surface area contributed by atoms with E-state index in [0.29, 0.717) is 16.9 Å². The van der Waals surface area contributed by atoms with Crippen LogP contribution in [0, 0.1) is 12.8 Å². The average Bonchev–Trinajstić information content (AvgIpc) is 3.41. The van der Waals surface area contributed by atoms with Crippen LogP contribution in [0.25, 0.3) is 16.5 Å². The summed E-state index contributed by atoms with van der Waals surface area (Å²) < 4.78 is 1.49. The molecule has 212 valence electrons. The molecular formula is C36H35N3O3. The molecule has 2 heterocycles. The second kappa shape index (κ2) is 9.86. The third-order valence-corrected chi connectivity index (χ3v) is 9.49. The lowest BCUT2D eigenvalue weighted by Crippen LogP contribution is -2.54. The lowest BCUT2D eigenvalue weighted by atomic mass is 9.64. The summed E-state index contributed by atoms with van der Waals surface area (Å²) in [6.45, 7) is 4.09. The fourth-order valence-corrected chi connectivity index (χ4v) is 7.40. The first kappa shape index (κ1) is 26.5. The predicted molar refractivity (Wildman–Crippen MR) is 167 cm³/mol. The van der Waals surface area contributed by atoms with Gasteiger partial charge in [-0.05, 0) is 60.4 Å². The highest BCUT2D eigenvalue weighted by Crippen LogP contribution is 2.54. The lowest BCUT2D eigenvalue weighted by Gasteiger charge is -2.46. The summed E-state index contributed by atoms with van der Waals surface area (Å²) in [5.74, 6) is -1.18. The predicted octanol–water partition coefficient (Wildman–Crippen LogP) is 5.60. The number of fused-ring (bicyclic) bond motifs is 3. The fraction of sp³-hybridized carbons (Fsp3) is 0.250. The number of aromatic amines is 1. The van der Waals surface area contributed by atoms with Crippen LogP contribution in [0.15, 0.2) is 114 Å². The second-order valence-corrected chi connectivity index (χ2v) is 12.0. The third kappa shape index (κ3) is 3.90. The standard InChI is InChI=1S/C36H35N3O3/c1-22-30(35(42)39(37-22)25-15-8-5-9-16-25)31-33(40)27(34(31)41)20-29-36(2,21-23-12-6-4-7-13-23)32-26-17-11-10-14-24(26)18-19-28(32)38(29)3/h4-20,27,31,33-34,37,40-41H,21H2,1-3H3. The van der Waals surface area contributed by atoms with Gasteiger partial charge in [-0.25, -0.2) is 4.68 Å². The number of aliphatic hydroxyl groups is 2. The maximum atomic E-state index is 13.5. The molecule has 0 bridgehead atoms. The van der Waals surface area contributed by atoms with Crippen molar-refractivity contribution in [3.05, 3.63) is 142 Å². The van der Waals surface area contributed by atoms with Crippen LogP contribution in [0.3, 0.4) is 0 Å². The number of hydrogen-bond donors (Lipinski definition) is 3. The molecule has 0 radical (unpaired) electrons.